The Morgan fingerprint density at radius 2 is 1.62 bits per heavy atom. The predicted octanol–water partition coefficient (Wildman–Crippen LogP) is 3.06. The Hall–Kier alpha value is -2.34. The molecule has 0 unspecified atom stereocenters. The highest BCUT2D eigenvalue weighted by molar-refractivity contribution is 7.92. The van der Waals surface area contributed by atoms with Gasteiger partial charge in [-0.2, -0.15) is 0 Å². The maximum Gasteiger partial charge on any atom is 0.228 e. The van der Waals surface area contributed by atoms with Crippen LogP contribution in [0.25, 0.3) is 0 Å². The van der Waals surface area contributed by atoms with Crippen molar-refractivity contribution in [3.63, 3.8) is 0 Å². The van der Waals surface area contributed by atoms with Gasteiger partial charge in [-0.05, 0) is 55.8 Å². The number of anilines is 1. The molecule has 5 nitrogen and oxygen atoms in total. The first-order valence-electron chi connectivity index (χ1n) is 7.59. The zero-order valence-corrected chi connectivity index (χ0v) is 14.8. The lowest BCUT2D eigenvalue weighted by Crippen LogP contribution is -2.15. The number of nitrogens with one attached hydrogen (secondary N) is 1. The van der Waals surface area contributed by atoms with Gasteiger partial charge in [-0.3, -0.25) is 4.79 Å². The van der Waals surface area contributed by atoms with Gasteiger partial charge in [0.15, 0.2) is 9.84 Å². The summed E-state index contributed by atoms with van der Waals surface area (Å²) in [5.41, 5.74) is 1.43. The number of amides is 1. The van der Waals surface area contributed by atoms with Crippen molar-refractivity contribution in [1.29, 1.82) is 0 Å². The van der Waals surface area contributed by atoms with Crippen molar-refractivity contribution in [2.45, 2.75) is 30.4 Å². The van der Waals surface area contributed by atoms with Gasteiger partial charge in [-0.1, -0.05) is 12.1 Å². The van der Waals surface area contributed by atoms with E-state index in [9.17, 15) is 13.2 Å². The molecule has 24 heavy (non-hydrogen) atoms. The largest absolute Gasteiger partial charge is 0.497 e. The van der Waals surface area contributed by atoms with E-state index in [1.807, 2.05) is 0 Å². The summed E-state index contributed by atoms with van der Waals surface area (Å²) in [6, 6.07) is 13.5. The number of carbonyl (C=O) groups excluding carboxylic acids is 1. The van der Waals surface area contributed by atoms with E-state index in [-0.39, 0.29) is 17.2 Å². The number of hydrogen-bond donors (Lipinski definition) is 1. The van der Waals surface area contributed by atoms with E-state index in [0.717, 1.165) is 11.3 Å². The number of sulfone groups is 1. The first kappa shape index (κ1) is 18.0. The zero-order chi connectivity index (χ0) is 17.7. The second-order valence-corrected chi connectivity index (χ2v) is 8.20. The van der Waals surface area contributed by atoms with Crippen molar-refractivity contribution in [2.75, 3.05) is 12.4 Å². The van der Waals surface area contributed by atoms with Crippen LogP contribution in [0.3, 0.4) is 0 Å². The summed E-state index contributed by atoms with van der Waals surface area (Å²) < 4.78 is 29.2. The molecule has 0 aliphatic heterocycles. The highest BCUT2D eigenvalue weighted by Gasteiger charge is 2.18. The van der Waals surface area contributed by atoms with Crippen LogP contribution in [0, 0.1) is 0 Å². The molecule has 0 atom stereocenters. The fourth-order valence-corrected chi connectivity index (χ4v) is 3.19. The van der Waals surface area contributed by atoms with E-state index < -0.39 is 15.1 Å². The van der Waals surface area contributed by atoms with Crippen molar-refractivity contribution in [3.8, 4) is 5.75 Å². The molecule has 1 amide bonds. The first-order chi connectivity index (χ1) is 11.3. The molecule has 0 fully saturated rings. The van der Waals surface area contributed by atoms with Gasteiger partial charge in [0.05, 0.1) is 23.7 Å². The van der Waals surface area contributed by atoms with E-state index in [1.54, 1.807) is 69.5 Å². The van der Waals surface area contributed by atoms with Crippen molar-refractivity contribution < 1.29 is 17.9 Å². The van der Waals surface area contributed by atoms with Crippen LogP contribution in [-0.2, 0) is 21.1 Å². The second kappa shape index (κ2) is 7.49. The molecule has 2 rings (SSSR count). The average Bonchev–Trinajstić information content (AvgIpc) is 2.56. The average molecular weight is 347 g/mol. The number of ether oxygens (including phenoxy) is 1. The monoisotopic (exact) mass is 347 g/mol. The summed E-state index contributed by atoms with van der Waals surface area (Å²) in [5.74, 6) is 0.551. The van der Waals surface area contributed by atoms with Crippen molar-refractivity contribution >= 4 is 21.4 Å². The third kappa shape index (κ3) is 4.35. The number of hydrogen-bond acceptors (Lipinski definition) is 4. The van der Waals surface area contributed by atoms with Crippen LogP contribution in [0.15, 0.2) is 53.4 Å². The molecule has 0 aliphatic carbocycles. The van der Waals surface area contributed by atoms with Gasteiger partial charge in [0.1, 0.15) is 5.75 Å². The minimum absolute atomic E-state index is 0.167. The van der Waals surface area contributed by atoms with E-state index >= 15 is 0 Å². The fraction of sp³-hybridized carbons (Fsp3) is 0.278. The van der Waals surface area contributed by atoms with E-state index in [1.165, 1.54) is 0 Å². The van der Waals surface area contributed by atoms with Gasteiger partial charge in [-0.15, -0.1) is 0 Å². The van der Waals surface area contributed by atoms with E-state index in [4.69, 9.17) is 4.74 Å². The van der Waals surface area contributed by atoms with Crippen LogP contribution in [0.4, 0.5) is 5.69 Å². The van der Waals surface area contributed by atoms with Gasteiger partial charge < -0.3 is 10.1 Å². The van der Waals surface area contributed by atoms with Gasteiger partial charge >= 0.3 is 0 Å². The molecule has 6 heteroatoms. The van der Waals surface area contributed by atoms with Gasteiger partial charge in [0, 0.05) is 5.69 Å². The Labute approximate surface area is 142 Å². The second-order valence-electron chi connectivity index (χ2n) is 5.69. The first-order valence-corrected chi connectivity index (χ1v) is 9.14. The van der Waals surface area contributed by atoms with Crippen LogP contribution >= 0.6 is 0 Å². The Kier molecular flexibility index (Phi) is 5.62. The number of carbonyl (C=O) groups is 1. The smallest absolute Gasteiger partial charge is 0.228 e. The normalized spacial score (nSPS) is 11.3. The highest BCUT2D eigenvalue weighted by atomic mass is 32.2. The minimum atomic E-state index is -3.29. The molecule has 0 saturated heterocycles. The SMILES string of the molecule is COc1ccc(NC(=O)Cc2ccc(S(=O)(=O)C(C)C)cc2)cc1. The van der Waals surface area contributed by atoms with Gasteiger partial charge in [-0.25, -0.2) is 8.42 Å². The quantitative estimate of drug-likeness (QED) is 0.872. The highest BCUT2D eigenvalue weighted by Crippen LogP contribution is 2.18. The molecule has 0 heterocycles. The van der Waals surface area contributed by atoms with E-state index in [2.05, 4.69) is 5.32 Å². The summed E-state index contributed by atoms with van der Waals surface area (Å²) in [7, 11) is -1.71. The Morgan fingerprint density at radius 1 is 1.04 bits per heavy atom. The molecule has 0 saturated carbocycles. The molecule has 128 valence electrons. The van der Waals surface area contributed by atoms with Crippen LogP contribution < -0.4 is 10.1 Å². The number of benzene rings is 2. The molecule has 0 spiro atoms. The van der Waals surface area contributed by atoms with Crippen molar-refractivity contribution in [1.82, 2.24) is 0 Å². The molecule has 0 aromatic heterocycles. The summed E-state index contributed by atoms with van der Waals surface area (Å²) in [6.45, 7) is 3.29. The summed E-state index contributed by atoms with van der Waals surface area (Å²) in [6.07, 6.45) is 0.175. The van der Waals surface area contributed by atoms with Crippen molar-refractivity contribution in [3.05, 3.63) is 54.1 Å². The topological polar surface area (TPSA) is 72.5 Å². The number of methoxy groups -OCH3 is 1. The lowest BCUT2D eigenvalue weighted by Gasteiger charge is -2.09. The predicted molar refractivity (Wildman–Crippen MR) is 94.1 cm³/mol. The third-order valence-electron chi connectivity index (χ3n) is 3.61. The Morgan fingerprint density at radius 3 is 2.12 bits per heavy atom. The Bertz CT molecular complexity index is 794. The molecule has 1 N–H and O–H groups in total. The molecular weight excluding hydrogens is 326 g/mol. The lowest BCUT2D eigenvalue weighted by atomic mass is 10.1. The molecule has 0 bridgehead atoms. The van der Waals surface area contributed by atoms with Gasteiger partial charge in [0.2, 0.25) is 5.91 Å². The third-order valence-corrected chi connectivity index (χ3v) is 5.78. The summed E-state index contributed by atoms with van der Waals surface area (Å²) in [5, 5.41) is 2.32. The maximum absolute atomic E-state index is 12.1. The standard InChI is InChI=1S/C18H21NO4S/c1-13(2)24(21,22)17-10-4-14(5-11-17)12-18(20)19-15-6-8-16(23-3)9-7-15/h4-11,13H,12H2,1-3H3,(H,19,20). The number of rotatable bonds is 6. The molecule has 0 aliphatic rings. The van der Waals surface area contributed by atoms with E-state index in [0.29, 0.717) is 5.69 Å². The summed E-state index contributed by atoms with van der Waals surface area (Å²) in [4.78, 5) is 12.3. The lowest BCUT2D eigenvalue weighted by molar-refractivity contribution is -0.115. The maximum atomic E-state index is 12.1. The molecule has 0 radical (unpaired) electrons. The van der Waals surface area contributed by atoms with Crippen LogP contribution in [-0.4, -0.2) is 26.7 Å². The summed E-state index contributed by atoms with van der Waals surface area (Å²) >= 11 is 0. The fourth-order valence-electron chi connectivity index (χ4n) is 2.13. The molecular formula is C18H21NO4S. The Balaban J connectivity index is 2.01. The van der Waals surface area contributed by atoms with Crippen molar-refractivity contribution in [2.24, 2.45) is 0 Å². The molecule has 2 aromatic rings. The van der Waals surface area contributed by atoms with Crippen LogP contribution in [0.5, 0.6) is 5.75 Å². The minimum Gasteiger partial charge on any atom is -0.497 e. The van der Waals surface area contributed by atoms with Crippen LogP contribution in [0.1, 0.15) is 19.4 Å². The van der Waals surface area contributed by atoms with Crippen LogP contribution in [0.2, 0.25) is 0 Å². The zero-order valence-electron chi connectivity index (χ0n) is 13.9. The van der Waals surface area contributed by atoms with Gasteiger partial charge in [0.25, 0.3) is 0 Å². The molecule has 2 aromatic carbocycles.